The van der Waals surface area contributed by atoms with Crippen LogP contribution in [0, 0.1) is 0 Å². The third kappa shape index (κ3) is 1.19. The molecule has 2 aromatic heterocycles. The molecule has 0 unspecified atom stereocenters. The Morgan fingerprint density at radius 3 is 3.18 bits per heavy atom. The van der Waals surface area contributed by atoms with E-state index < -0.39 is 0 Å². The fourth-order valence-electron chi connectivity index (χ4n) is 0.764. The van der Waals surface area contributed by atoms with Crippen LogP contribution in [0.2, 0.25) is 0 Å². The van der Waals surface area contributed by atoms with Crippen molar-refractivity contribution >= 4 is 33.6 Å². The number of nitrogens with one attached hydrogen (secondary N) is 1. The van der Waals surface area contributed by atoms with Crippen molar-refractivity contribution in [1.82, 2.24) is 19.9 Å². The summed E-state index contributed by atoms with van der Waals surface area (Å²) in [7, 11) is 1.21. The number of H-pyrrole nitrogens is 1. The lowest BCUT2D eigenvalue weighted by Crippen LogP contribution is -1.83. The van der Waals surface area contributed by atoms with Crippen molar-refractivity contribution in [3.8, 4) is 0 Å². The largest absolute Gasteiger partial charge is 0.342 e. The van der Waals surface area contributed by atoms with Crippen LogP contribution < -0.4 is 0 Å². The number of nitrogens with zero attached hydrogens (tertiary/aromatic N) is 3. The van der Waals surface area contributed by atoms with E-state index in [1.54, 1.807) is 12.5 Å². The van der Waals surface area contributed by atoms with E-state index in [2.05, 4.69) is 31.6 Å². The minimum Gasteiger partial charge on any atom is -0.342 e. The van der Waals surface area contributed by atoms with E-state index in [0.717, 1.165) is 5.52 Å². The molecule has 6 heteroatoms. The van der Waals surface area contributed by atoms with Gasteiger partial charge in [-0.2, -0.15) is 0 Å². The minimum atomic E-state index is 0.618. The van der Waals surface area contributed by atoms with Crippen LogP contribution >= 0.6 is 22.5 Å². The molecule has 2 heterocycles. The Morgan fingerprint density at radius 2 is 2.36 bits per heavy atom. The summed E-state index contributed by atoms with van der Waals surface area (Å²) in [6.45, 7) is 0. The molecular formula is C5H4N4S2. The SMILES string of the molecule is SSc1ncc2[nH]cnc2n1. The Kier molecular flexibility index (Phi) is 1.71. The zero-order valence-electron chi connectivity index (χ0n) is 5.35. The van der Waals surface area contributed by atoms with E-state index in [0.29, 0.717) is 10.8 Å². The average Bonchev–Trinajstić information content (AvgIpc) is 2.50. The number of fused-ring (bicyclic) bond motifs is 1. The van der Waals surface area contributed by atoms with Gasteiger partial charge in [-0.05, 0) is 10.8 Å². The van der Waals surface area contributed by atoms with Gasteiger partial charge in [0.15, 0.2) is 10.8 Å². The monoisotopic (exact) mass is 184 g/mol. The van der Waals surface area contributed by atoms with E-state index in [1.807, 2.05) is 0 Å². The molecule has 0 aliphatic heterocycles. The van der Waals surface area contributed by atoms with Crippen molar-refractivity contribution in [2.45, 2.75) is 5.16 Å². The summed E-state index contributed by atoms with van der Waals surface area (Å²) in [6, 6.07) is 0. The van der Waals surface area contributed by atoms with Crippen LogP contribution in [0.5, 0.6) is 0 Å². The Morgan fingerprint density at radius 1 is 1.45 bits per heavy atom. The third-order valence-corrected chi connectivity index (χ3v) is 2.08. The predicted molar refractivity (Wildman–Crippen MR) is 46.5 cm³/mol. The van der Waals surface area contributed by atoms with E-state index in [1.165, 1.54) is 10.8 Å². The first-order valence-corrected chi connectivity index (χ1v) is 4.74. The van der Waals surface area contributed by atoms with Gasteiger partial charge in [0.1, 0.15) is 5.52 Å². The smallest absolute Gasteiger partial charge is 0.200 e. The lowest BCUT2D eigenvalue weighted by molar-refractivity contribution is 1.00. The minimum absolute atomic E-state index is 0.618. The molecule has 56 valence electrons. The van der Waals surface area contributed by atoms with Gasteiger partial charge in [0.2, 0.25) is 0 Å². The zero-order valence-corrected chi connectivity index (χ0v) is 7.06. The van der Waals surface area contributed by atoms with Crippen LogP contribution in [0.3, 0.4) is 0 Å². The third-order valence-electron chi connectivity index (χ3n) is 1.24. The van der Waals surface area contributed by atoms with E-state index in [4.69, 9.17) is 0 Å². The van der Waals surface area contributed by atoms with Gasteiger partial charge in [-0.25, -0.2) is 15.0 Å². The van der Waals surface area contributed by atoms with Crippen LogP contribution in [0.4, 0.5) is 0 Å². The van der Waals surface area contributed by atoms with Gasteiger partial charge >= 0.3 is 0 Å². The summed E-state index contributed by atoms with van der Waals surface area (Å²) in [5.41, 5.74) is 1.52. The summed E-state index contributed by atoms with van der Waals surface area (Å²) < 4.78 is 0. The highest BCUT2D eigenvalue weighted by Gasteiger charge is 1.99. The first kappa shape index (κ1) is 6.93. The van der Waals surface area contributed by atoms with Crippen molar-refractivity contribution < 1.29 is 0 Å². The van der Waals surface area contributed by atoms with E-state index in [-0.39, 0.29) is 0 Å². The van der Waals surface area contributed by atoms with Crippen molar-refractivity contribution in [2.24, 2.45) is 0 Å². The van der Waals surface area contributed by atoms with Crippen molar-refractivity contribution in [3.05, 3.63) is 12.5 Å². The van der Waals surface area contributed by atoms with Crippen molar-refractivity contribution in [1.29, 1.82) is 0 Å². The molecule has 0 aliphatic carbocycles. The Hall–Kier alpha value is -0.750. The molecule has 0 aliphatic rings. The number of imidazole rings is 1. The molecule has 0 spiro atoms. The molecule has 0 saturated carbocycles. The molecule has 2 aromatic rings. The number of hydrogen-bond donors (Lipinski definition) is 2. The maximum absolute atomic E-state index is 4.09. The molecule has 1 N–H and O–H groups in total. The number of thiol groups is 1. The molecule has 4 nitrogen and oxygen atoms in total. The molecule has 0 radical (unpaired) electrons. The molecule has 0 saturated heterocycles. The average molecular weight is 184 g/mol. The van der Waals surface area contributed by atoms with Crippen LogP contribution in [-0.4, -0.2) is 19.9 Å². The van der Waals surface area contributed by atoms with Gasteiger partial charge in [-0.3, -0.25) is 0 Å². The van der Waals surface area contributed by atoms with Crippen LogP contribution in [0.1, 0.15) is 0 Å². The molecule has 11 heavy (non-hydrogen) atoms. The second kappa shape index (κ2) is 2.71. The highest BCUT2D eigenvalue weighted by Crippen LogP contribution is 2.17. The lowest BCUT2D eigenvalue weighted by Gasteiger charge is -1.90. The van der Waals surface area contributed by atoms with E-state index in [9.17, 15) is 0 Å². The summed E-state index contributed by atoms with van der Waals surface area (Å²) in [5, 5.41) is 0.618. The number of aromatic nitrogens is 4. The molecule has 0 atom stereocenters. The normalized spacial score (nSPS) is 10.6. The topological polar surface area (TPSA) is 54.5 Å². The molecule has 0 amide bonds. The fourth-order valence-corrected chi connectivity index (χ4v) is 1.26. The Bertz CT molecular complexity index is 371. The first-order valence-electron chi connectivity index (χ1n) is 2.87. The van der Waals surface area contributed by atoms with Crippen molar-refractivity contribution in [2.75, 3.05) is 0 Å². The quantitative estimate of drug-likeness (QED) is 0.398. The molecule has 0 fully saturated rings. The summed E-state index contributed by atoms with van der Waals surface area (Å²) in [6.07, 6.45) is 3.28. The maximum Gasteiger partial charge on any atom is 0.200 e. The van der Waals surface area contributed by atoms with Gasteiger partial charge < -0.3 is 4.98 Å². The number of rotatable bonds is 1. The van der Waals surface area contributed by atoms with Crippen LogP contribution in [0.15, 0.2) is 17.7 Å². The highest BCUT2D eigenvalue weighted by atomic mass is 33.1. The lowest BCUT2D eigenvalue weighted by atomic mass is 10.6. The second-order valence-corrected chi connectivity index (χ2v) is 2.98. The second-order valence-electron chi connectivity index (χ2n) is 1.88. The summed E-state index contributed by atoms with van der Waals surface area (Å²) in [5.74, 6) is 0. The molecule has 0 bridgehead atoms. The Labute approximate surface area is 71.7 Å². The van der Waals surface area contributed by atoms with Gasteiger partial charge in [-0.15, -0.1) is 11.7 Å². The van der Waals surface area contributed by atoms with Gasteiger partial charge in [-0.1, -0.05) is 0 Å². The zero-order chi connectivity index (χ0) is 7.68. The number of hydrogen-bond acceptors (Lipinski definition) is 5. The molecular weight excluding hydrogens is 180 g/mol. The first-order chi connectivity index (χ1) is 5.40. The predicted octanol–water partition coefficient (Wildman–Crippen LogP) is 1.29. The van der Waals surface area contributed by atoms with E-state index >= 15 is 0 Å². The highest BCUT2D eigenvalue weighted by molar-refractivity contribution is 8.68. The maximum atomic E-state index is 4.09. The standard InChI is InChI=1S/C5H4N4S2/c10-11-5-6-1-3-4(9-5)8-2-7-3/h1-2,10H,(H,6,7,8,9). The van der Waals surface area contributed by atoms with Crippen LogP contribution in [-0.2, 0) is 0 Å². The summed E-state index contributed by atoms with van der Waals surface area (Å²) in [4.78, 5) is 15.0. The Balaban J connectivity index is 2.67. The fraction of sp³-hybridized carbons (Fsp3) is 0. The number of aromatic amines is 1. The van der Waals surface area contributed by atoms with Gasteiger partial charge in [0.05, 0.1) is 12.5 Å². The van der Waals surface area contributed by atoms with Crippen molar-refractivity contribution in [3.63, 3.8) is 0 Å². The van der Waals surface area contributed by atoms with Gasteiger partial charge in [0, 0.05) is 0 Å². The summed E-state index contributed by atoms with van der Waals surface area (Å²) >= 11 is 3.97. The molecule has 0 aromatic carbocycles. The van der Waals surface area contributed by atoms with Gasteiger partial charge in [0.25, 0.3) is 0 Å². The van der Waals surface area contributed by atoms with Crippen LogP contribution in [0.25, 0.3) is 11.2 Å². The molecule has 2 rings (SSSR count).